The topological polar surface area (TPSA) is 78.1 Å². The molecule has 1 aromatic carbocycles. The molecule has 0 unspecified atom stereocenters. The van der Waals surface area contributed by atoms with Gasteiger partial charge in [-0.3, -0.25) is 5.10 Å². The number of H-pyrrole nitrogens is 1. The van der Waals surface area contributed by atoms with Crippen LogP contribution in [0.5, 0.6) is 0 Å². The van der Waals surface area contributed by atoms with E-state index in [4.69, 9.17) is 0 Å². The maximum atomic E-state index is 12.0. The Morgan fingerprint density at radius 3 is 2.43 bits per heavy atom. The van der Waals surface area contributed by atoms with E-state index in [-0.39, 0.29) is 12.6 Å². The molecule has 0 amide bonds. The molecule has 0 saturated heterocycles. The van der Waals surface area contributed by atoms with Gasteiger partial charge in [0.1, 0.15) is 0 Å². The van der Waals surface area contributed by atoms with Crippen molar-refractivity contribution in [3.63, 3.8) is 0 Å². The van der Waals surface area contributed by atoms with Gasteiger partial charge in [-0.15, -0.1) is 0 Å². The minimum Gasteiger partial charge on any atom is -0.278 e. The smallest absolute Gasteiger partial charge is 0.278 e. The van der Waals surface area contributed by atoms with Crippen molar-refractivity contribution in [2.24, 2.45) is 0 Å². The Balaban J connectivity index is 2.01. The van der Waals surface area contributed by atoms with Gasteiger partial charge in [-0.2, -0.15) is 22.5 Å². The van der Waals surface area contributed by atoms with Crippen LogP contribution in [0.1, 0.15) is 19.4 Å². The van der Waals surface area contributed by atoms with Crippen molar-refractivity contribution in [2.45, 2.75) is 26.4 Å². The van der Waals surface area contributed by atoms with Gasteiger partial charge < -0.3 is 0 Å². The highest BCUT2D eigenvalue weighted by Crippen LogP contribution is 2.16. The minimum absolute atomic E-state index is 0.0785. The molecule has 7 heteroatoms. The summed E-state index contributed by atoms with van der Waals surface area (Å²) in [5, 5.41) is 6.79. The SMILES string of the molecule is CC(C)N(C)S(=O)(=O)NCc1ccc(-c2ccn[nH]2)cc1. The normalized spacial score (nSPS) is 12.2. The Kier molecular flexibility index (Phi) is 4.76. The van der Waals surface area contributed by atoms with Crippen LogP contribution in [0.4, 0.5) is 0 Å². The molecule has 2 N–H and O–H groups in total. The third-order valence-corrected chi connectivity index (χ3v) is 5.02. The van der Waals surface area contributed by atoms with E-state index in [1.807, 2.05) is 44.2 Å². The third kappa shape index (κ3) is 3.90. The molecule has 114 valence electrons. The van der Waals surface area contributed by atoms with Gasteiger partial charge in [0.2, 0.25) is 0 Å². The molecule has 1 heterocycles. The minimum atomic E-state index is -3.44. The van der Waals surface area contributed by atoms with E-state index >= 15 is 0 Å². The molecule has 0 bridgehead atoms. The zero-order valence-electron chi connectivity index (χ0n) is 12.4. The zero-order valence-corrected chi connectivity index (χ0v) is 13.2. The molecule has 0 aliphatic carbocycles. The summed E-state index contributed by atoms with van der Waals surface area (Å²) in [5.74, 6) is 0. The van der Waals surface area contributed by atoms with Crippen molar-refractivity contribution in [3.05, 3.63) is 42.1 Å². The monoisotopic (exact) mass is 308 g/mol. The van der Waals surface area contributed by atoms with Gasteiger partial charge in [-0.25, -0.2) is 0 Å². The average molecular weight is 308 g/mol. The summed E-state index contributed by atoms with van der Waals surface area (Å²) < 4.78 is 27.9. The summed E-state index contributed by atoms with van der Waals surface area (Å²) in [7, 11) is -1.88. The Labute approximate surface area is 125 Å². The van der Waals surface area contributed by atoms with E-state index in [0.717, 1.165) is 16.8 Å². The molecule has 1 aromatic heterocycles. The van der Waals surface area contributed by atoms with Crippen molar-refractivity contribution < 1.29 is 8.42 Å². The molecule has 0 aliphatic heterocycles. The molecule has 0 atom stereocenters. The van der Waals surface area contributed by atoms with Crippen LogP contribution in [-0.2, 0) is 16.8 Å². The number of hydrogen-bond donors (Lipinski definition) is 2. The Morgan fingerprint density at radius 1 is 1.24 bits per heavy atom. The maximum Gasteiger partial charge on any atom is 0.279 e. The lowest BCUT2D eigenvalue weighted by molar-refractivity contribution is 0.402. The molecule has 6 nitrogen and oxygen atoms in total. The quantitative estimate of drug-likeness (QED) is 0.853. The molecule has 0 saturated carbocycles. The first-order valence-electron chi connectivity index (χ1n) is 6.71. The Hall–Kier alpha value is -1.70. The van der Waals surface area contributed by atoms with Crippen LogP contribution in [0.25, 0.3) is 11.3 Å². The van der Waals surface area contributed by atoms with Crippen molar-refractivity contribution in [3.8, 4) is 11.3 Å². The highest BCUT2D eigenvalue weighted by atomic mass is 32.2. The van der Waals surface area contributed by atoms with Gasteiger partial charge >= 0.3 is 0 Å². The van der Waals surface area contributed by atoms with Crippen molar-refractivity contribution in [1.29, 1.82) is 0 Å². The maximum absolute atomic E-state index is 12.0. The largest absolute Gasteiger partial charge is 0.279 e. The lowest BCUT2D eigenvalue weighted by Gasteiger charge is -2.21. The molecule has 2 rings (SSSR count). The van der Waals surface area contributed by atoms with Crippen LogP contribution < -0.4 is 4.72 Å². The Morgan fingerprint density at radius 2 is 1.90 bits per heavy atom. The first-order valence-corrected chi connectivity index (χ1v) is 8.15. The fraction of sp³-hybridized carbons (Fsp3) is 0.357. The fourth-order valence-electron chi connectivity index (χ4n) is 1.77. The summed E-state index contributed by atoms with van der Waals surface area (Å²) in [4.78, 5) is 0. The summed E-state index contributed by atoms with van der Waals surface area (Å²) in [6.45, 7) is 3.93. The number of hydrogen-bond acceptors (Lipinski definition) is 3. The molecule has 21 heavy (non-hydrogen) atoms. The number of nitrogens with one attached hydrogen (secondary N) is 2. The number of aromatic amines is 1. The predicted octanol–water partition coefficient (Wildman–Crippen LogP) is 1.75. The average Bonchev–Trinajstić information content (AvgIpc) is 2.99. The van der Waals surface area contributed by atoms with Crippen LogP contribution in [0, 0.1) is 0 Å². The standard InChI is InChI=1S/C14H20N4O2S/c1-11(2)18(3)21(19,20)16-10-12-4-6-13(7-5-12)14-8-9-15-17-14/h4-9,11,16H,10H2,1-3H3,(H,15,17). The summed E-state index contributed by atoms with van der Waals surface area (Å²) >= 11 is 0. The van der Waals surface area contributed by atoms with Gasteiger partial charge in [0.15, 0.2) is 0 Å². The number of benzene rings is 1. The van der Waals surface area contributed by atoms with Crippen LogP contribution in [0.2, 0.25) is 0 Å². The first kappa shape index (κ1) is 15.7. The molecule has 2 aromatic rings. The molecule has 0 spiro atoms. The van der Waals surface area contributed by atoms with Crippen molar-refractivity contribution in [2.75, 3.05) is 7.05 Å². The van der Waals surface area contributed by atoms with Crippen molar-refractivity contribution in [1.82, 2.24) is 19.2 Å². The van der Waals surface area contributed by atoms with Crippen LogP contribution in [-0.4, -0.2) is 36.0 Å². The molecule has 0 radical (unpaired) electrons. The van der Waals surface area contributed by atoms with E-state index in [9.17, 15) is 8.42 Å². The van der Waals surface area contributed by atoms with Crippen molar-refractivity contribution >= 4 is 10.2 Å². The summed E-state index contributed by atoms with van der Waals surface area (Å²) in [5.41, 5.74) is 2.85. The highest BCUT2D eigenvalue weighted by Gasteiger charge is 2.19. The van der Waals surface area contributed by atoms with E-state index in [0.29, 0.717) is 0 Å². The second-order valence-electron chi connectivity index (χ2n) is 5.10. The fourth-order valence-corrected chi connectivity index (χ4v) is 2.88. The summed E-state index contributed by atoms with van der Waals surface area (Å²) in [6.07, 6.45) is 1.69. The number of nitrogens with zero attached hydrogens (tertiary/aromatic N) is 2. The van der Waals surface area contributed by atoms with E-state index in [1.165, 1.54) is 4.31 Å². The van der Waals surface area contributed by atoms with Crippen LogP contribution in [0.15, 0.2) is 36.5 Å². The number of aromatic nitrogens is 2. The number of rotatable bonds is 6. The lowest BCUT2D eigenvalue weighted by atomic mass is 10.1. The second kappa shape index (κ2) is 6.38. The van der Waals surface area contributed by atoms with Crippen LogP contribution in [0.3, 0.4) is 0 Å². The van der Waals surface area contributed by atoms with Crippen LogP contribution >= 0.6 is 0 Å². The van der Waals surface area contributed by atoms with Gasteiger partial charge in [-0.1, -0.05) is 24.3 Å². The van der Waals surface area contributed by atoms with Gasteiger partial charge in [0.25, 0.3) is 10.2 Å². The first-order chi connectivity index (χ1) is 9.90. The molecule has 0 aliphatic rings. The zero-order chi connectivity index (χ0) is 15.5. The second-order valence-corrected chi connectivity index (χ2v) is 6.92. The van der Waals surface area contributed by atoms with Gasteiger partial charge in [-0.05, 0) is 31.0 Å². The highest BCUT2D eigenvalue weighted by molar-refractivity contribution is 7.87. The van der Waals surface area contributed by atoms with E-state index in [1.54, 1.807) is 13.2 Å². The molecule has 0 fully saturated rings. The van der Waals surface area contributed by atoms with E-state index < -0.39 is 10.2 Å². The lowest BCUT2D eigenvalue weighted by Crippen LogP contribution is -2.41. The van der Waals surface area contributed by atoms with Gasteiger partial charge in [0, 0.05) is 25.8 Å². The summed E-state index contributed by atoms with van der Waals surface area (Å²) in [6, 6.07) is 9.47. The van der Waals surface area contributed by atoms with Gasteiger partial charge in [0.05, 0.1) is 5.69 Å². The Bertz CT molecular complexity index is 664. The van der Waals surface area contributed by atoms with E-state index in [2.05, 4.69) is 14.9 Å². The molecular formula is C14H20N4O2S. The molecular weight excluding hydrogens is 288 g/mol. The third-order valence-electron chi connectivity index (χ3n) is 3.33. The predicted molar refractivity (Wildman–Crippen MR) is 82.7 cm³/mol.